The molecule has 0 spiro atoms. The topological polar surface area (TPSA) is 17.1 Å². The first-order valence-corrected chi connectivity index (χ1v) is 9.28. The first-order chi connectivity index (χ1) is 10.6. The van der Waals surface area contributed by atoms with Gasteiger partial charge in [-0.2, -0.15) is 0 Å². The molecular weight excluding hydrogens is 362 g/mol. The maximum Gasteiger partial charge on any atom is 0.171 e. The molecule has 0 unspecified atom stereocenters. The van der Waals surface area contributed by atoms with E-state index >= 15 is 0 Å². The summed E-state index contributed by atoms with van der Waals surface area (Å²) in [6.45, 7) is 0. The summed E-state index contributed by atoms with van der Waals surface area (Å²) in [6.07, 6.45) is 0. The van der Waals surface area contributed by atoms with Crippen molar-refractivity contribution in [3.05, 3.63) is 89.2 Å². The highest BCUT2D eigenvalue weighted by Gasteiger charge is 2.30. The highest BCUT2D eigenvalue weighted by atomic mass is 79.9. The molecule has 22 heavy (non-hydrogen) atoms. The normalized spacial score (nSPS) is 11.4. The van der Waals surface area contributed by atoms with Crippen LogP contribution in [0.5, 0.6) is 0 Å². The zero-order valence-electron chi connectivity index (χ0n) is 11.6. The second-order valence-electron chi connectivity index (χ2n) is 4.91. The van der Waals surface area contributed by atoms with Gasteiger partial charge in [0.1, 0.15) is 5.82 Å². The van der Waals surface area contributed by atoms with E-state index in [0.717, 1.165) is 0 Å². The number of hydrogen-bond acceptors (Lipinski definition) is 1. The summed E-state index contributed by atoms with van der Waals surface area (Å²) in [7, 11) is -3.10. The van der Waals surface area contributed by atoms with Crippen LogP contribution in [0.2, 0.25) is 0 Å². The van der Waals surface area contributed by atoms with Gasteiger partial charge in [-0.05, 0) is 18.2 Å². The molecule has 0 heterocycles. The highest BCUT2D eigenvalue weighted by molar-refractivity contribution is 9.10. The zero-order valence-corrected chi connectivity index (χ0v) is 14.1. The molecule has 0 N–H and O–H groups in total. The Kier molecular flexibility index (Phi) is 4.28. The first-order valence-electron chi connectivity index (χ1n) is 6.78. The van der Waals surface area contributed by atoms with Crippen molar-refractivity contribution >= 4 is 39.0 Å². The number of hydrogen-bond donors (Lipinski definition) is 0. The second kappa shape index (κ2) is 6.20. The van der Waals surface area contributed by atoms with E-state index in [1.165, 1.54) is 12.1 Å². The summed E-state index contributed by atoms with van der Waals surface area (Å²) in [5.74, 6) is -0.406. The Hall–Kier alpha value is -1.70. The van der Waals surface area contributed by atoms with Crippen LogP contribution < -0.4 is 15.9 Å². The maximum absolute atomic E-state index is 13.9. The fourth-order valence-electron chi connectivity index (χ4n) is 2.44. The third-order valence-electron chi connectivity index (χ3n) is 3.45. The number of benzene rings is 3. The molecule has 0 saturated carbocycles. The van der Waals surface area contributed by atoms with E-state index in [-0.39, 0.29) is 0 Å². The molecule has 4 heteroatoms. The van der Waals surface area contributed by atoms with Gasteiger partial charge in [-0.15, -0.1) is 0 Å². The van der Waals surface area contributed by atoms with Crippen molar-refractivity contribution in [2.24, 2.45) is 0 Å². The highest BCUT2D eigenvalue weighted by Crippen LogP contribution is 2.42. The molecule has 1 nitrogen and oxygen atoms in total. The average Bonchev–Trinajstić information content (AvgIpc) is 2.55. The molecule has 0 aliphatic carbocycles. The molecule has 3 rings (SSSR count). The Labute approximate surface area is 137 Å². The van der Waals surface area contributed by atoms with Crippen LogP contribution in [-0.4, -0.2) is 0 Å². The summed E-state index contributed by atoms with van der Waals surface area (Å²) >= 11 is 3.29. The van der Waals surface area contributed by atoms with Gasteiger partial charge in [0.25, 0.3) is 0 Å². The minimum absolute atomic E-state index is 0.406. The van der Waals surface area contributed by atoms with Gasteiger partial charge in [-0.25, -0.2) is 4.39 Å². The largest absolute Gasteiger partial charge is 0.309 e. The first kappa shape index (κ1) is 15.2. The van der Waals surface area contributed by atoms with Crippen LogP contribution in [0.1, 0.15) is 0 Å². The SMILES string of the molecule is O=P(c1ccccc1)(c1ccccc1)c1cc(F)cc(Br)c1. The molecule has 3 aromatic carbocycles. The molecule has 3 aromatic rings. The zero-order chi connectivity index (χ0) is 15.6. The Bertz CT molecular complexity index is 770. The lowest BCUT2D eigenvalue weighted by Gasteiger charge is -2.20. The molecule has 0 aromatic heterocycles. The van der Waals surface area contributed by atoms with E-state index in [1.54, 1.807) is 6.07 Å². The van der Waals surface area contributed by atoms with E-state index < -0.39 is 13.0 Å². The van der Waals surface area contributed by atoms with Gasteiger partial charge >= 0.3 is 0 Å². The molecule has 0 fully saturated rings. The number of rotatable bonds is 3. The van der Waals surface area contributed by atoms with Crippen LogP contribution in [-0.2, 0) is 4.57 Å². The van der Waals surface area contributed by atoms with Crippen molar-refractivity contribution in [3.8, 4) is 0 Å². The third-order valence-corrected chi connectivity index (χ3v) is 6.94. The Balaban J connectivity index is 2.31. The van der Waals surface area contributed by atoms with Crippen molar-refractivity contribution in [2.45, 2.75) is 0 Å². The monoisotopic (exact) mass is 374 g/mol. The molecule has 110 valence electrons. The molecule has 0 aliphatic heterocycles. The minimum Gasteiger partial charge on any atom is -0.309 e. The van der Waals surface area contributed by atoms with Crippen LogP contribution in [0.25, 0.3) is 0 Å². The number of halogens is 2. The van der Waals surface area contributed by atoms with Gasteiger partial charge in [0.2, 0.25) is 0 Å². The predicted octanol–water partition coefficient (Wildman–Crippen LogP) is 4.23. The van der Waals surface area contributed by atoms with Gasteiger partial charge in [0, 0.05) is 20.4 Å². The van der Waals surface area contributed by atoms with Crippen molar-refractivity contribution < 1.29 is 8.96 Å². The van der Waals surface area contributed by atoms with E-state index in [4.69, 9.17) is 0 Å². The van der Waals surface area contributed by atoms with Crippen LogP contribution in [0.4, 0.5) is 4.39 Å². The minimum atomic E-state index is -3.10. The summed E-state index contributed by atoms with van der Waals surface area (Å²) in [4.78, 5) is 0. The van der Waals surface area contributed by atoms with Crippen molar-refractivity contribution in [1.82, 2.24) is 0 Å². The van der Waals surface area contributed by atoms with Gasteiger partial charge in [-0.1, -0.05) is 76.6 Å². The lowest BCUT2D eigenvalue weighted by atomic mass is 10.3. The smallest absolute Gasteiger partial charge is 0.171 e. The maximum atomic E-state index is 13.9. The van der Waals surface area contributed by atoms with E-state index in [1.807, 2.05) is 60.7 Å². The van der Waals surface area contributed by atoms with Gasteiger partial charge in [0.15, 0.2) is 7.14 Å². The Morgan fingerprint density at radius 2 is 1.23 bits per heavy atom. The summed E-state index contributed by atoms with van der Waals surface area (Å²) in [5.41, 5.74) is 0. The standard InChI is InChI=1S/C18H13BrFOP/c19-14-11-15(20)13-18(12-14)22(21,16-7-3-1-4-8-16)17-9-5-2-6-10-17/h1-13H. The summed E-state index contributed by atoms with van der Waals surface area (Å²) < 4.78 is 28.4. The molecule has 0 radical (unpaired) electrons. The fourth-order valence-corrected chi connectivity index (χ4v) is 5.79. The van der Waals surface area contributed by atoms with Crippen LogP contribution in [0, 0.1) is 5.82 Å². The van der Waals surface area contributed by atoms with E-state index in [2.05, 4.69) is 15.9 Å². The Morgan fingerprint density at radius 3 is 1.68 bits per heavy atom. The van der Waals surface area contributed by atoms with Crippen molar-refractivity contribution in [2.75, 3.05) is 0 Å². The fraction of sp³-hybridized carbons (Fsp3) is 0. The molecule has 0 saturated heterocycles. The van der Waals surface area contributed by atoms with Gasteiger partial charge in [0.05, 0.1) is 0 Å². The third kappa shape index (κ3) is 2.79. The second-order valence-corrected chi connectivity index (χ2v) is 8.59. The summed E-state index contributed by atoms with van der Waals surface area (Å²) in [5, 5.41) is 1.87. The van der Waals surface area contributed by atoms with Crippen LogP contribution in [0.3, 0.4) is 0 Å². The van der Waals surface area contributed by atoms with Crippen LogP contribution >= 0.6 is 23.1 Å². The van der Waals surface area contributed by atoms with Gasteiger partial charge < -0.3 is 4.57 Å². The molecule has 0 amide bonds. The summed E-state index contributed by atoms with van der Waals surface area (Å²) in [6, 6.07) is 22.9. The lowest BCUT2D eigenvalue weighted by molar-refractivity contribution is 0.591. The molecule has 0 bridgehead atoms. The average molecular weight is 375 g/mol. The van der Waals surface area contributed by atoms with E-state index in [9.17, 15) is 8.96 Å². The van der Waals surface area contributed by atoms with E-state index in [0.29, 0.717) is 20.4 Å². The quantitative estimate of drug-likeness (QED) is 0.627. The molecule has 0 atom stereocenters. The Morgan fingerprint density at radius 1 is 0.727 bits per heavy atom. The van der Waals surface area contributed by atoms with Gasteiger partial charge in [-0.3, -0.25) is 0 Å². The van der Waals surface area contributed by atoms with Crippen molar-refractivity contribution in [1.29, 1.82) is 0 Å². The lowest BCUT2D eigenvalue weighted by Crippen LogP contribution is -2.25. The van der Waals surface area contributed by atoms with Crippen LogP contribution in [0.15, 0.2) is 83.3 Å². The predicted molar refractivity (Wildman–Crippen MR) is 93.5 cm³/mol. The molecule has 0 aliphatic rings. The molecular formula is C18H13BrFOP. The van der Waals surface area contributed by atoms with Crippen molar-refractivity contribution in [3.63, 3.8) is 0 Å².